The first-order chi connectivity index (χ1) is 16.8. The summed E-state index contributed by atoms with van der Waals surface area (Å²) in [5.41, 5.74) is 2.63. The number of thiocarbonyl (C=S) groups is 1. The average Bonchev–Trinajstić information content (AvgIpc) is 3.28. The molecule has 0 saturated carbocycles. The van der Waals surface area contributed by atoms with Crippen molar-refractivity contribution in [3.63, 3.8) is 0 Å². The molecule has 0 bridgehead atoms. The van der Waals surface area contributed by atoms with Crippen molar-refractivity contribution >= 4 is 60.6 Å². The van der Waals surface area contributed by atoms with E-state index in [4.69, 9.17) is 17.0 Å². The second-order valence-electron chi connectivity index (χ2n) is 7.88. The van der Waals surface area contributed by atoms with E-state index < -0.39 is 15.9 Å². The first kappa shape index (κ1) is 25.2. The van der Waals surface area contributed by atoms with Crippen LogP contribution in [0.15, 0.2) is 76.1 Å². The zero-order valence-corrected chi connectivity index (χ0v) is 22.2. The Morgan fingerprint density at radius 1 is 1.11 bits per heavy atom. The maximum atomic E-state index is 13.2. The molecule has 3 aromatic rings. The van der Waals surface area contributed by atoms with Crippen molar-refractivity contribution < 1.29 is 17.9 Å². The van der Waals surface area contributed by atoms with Gasteiger partial charge in [0.1, 0.15) is 5.75 Å². The van der Waals surface area contributed by atoms with Crippen LogP contribution in [0.5, 0.6) is 5.75 Å². The minimum Gasteiger partial charge on any atom is -0.493 e. The predicted molar refractivity (Wildman–Crippen MR) is 145 cm³/mol. The molecule has 0 aromatic heterocycles. The Morgan fingerprint density at radius 2 is 1.86 bits per heavy atom. The molecule has 182 valence electrons. The van der Waals surface area contributed by atoms with Gasteiger partial charge in [-0.25, -0.2) is 8.42 Å². The molecule has 2 N–H and O–H groups in total. The number of carbonyl (C=O) groups excluding carboxylic acids is 1. The zero-order valence-electron chi connectivity index (χ0n) is 19.0. The van der Waals surface area contributed by atoms with Crippen LogP contribution in [-0.2, 0) is 16.4 Å². The van der Waals surface area contributed by atoms with Crippen molar-refractivity contribution in [1.82, 2.24) is 5.32 Å². The van der Waals surface area contributed by atoms with Gasteiger partial charge in [-0.3, -0.25) is 14.4 Å². The molecule has 10 heteroatoms. The van der Waals surface area contributed by atoms with Gasteiger partial charge in [0.05, 0.1) is 22.8 Å². The van der Waals surface area contributed by atoms with E-state index in [9.17, 15) is 13.2 Å². The predicted octanol–water partition coefficient (Wildman–Crippen LogP) is 5.12. The molecule has 7 nitrogen and oxygen atoms in total. The highest BCUT2D eigenvalue weighted by Gasteiger charge is 2.30. The summed E-state index contributed by atoms with van der Waals surface area (Å²) in [4.78, 5) is 13.0. The van der Waals surface area contributed by atoms with Crippen molar-refractivity contribution in [1.29, 1.82) is 0 Å². The minimum absolute atomic E-state index is 0.0838. The lowest BCUT2D eigenvalue weighted by Crippen LogP contribution is -2.34. The molecule has 3 aromatic carbocycles. The molecule has 1 aliphatic heterocycles. The number of sulfonamides is 1. The topological polar surface area (TPSA) is 87.7 Å². The van der Waals surface area contributed by atoms with Crippen LogP contribution in [0.2, 0.25) is 0 Å². The number of nitrogens with one attached hydrogen (secondary N) is 2. The van der Waals surface area contributed by atoms with Gasteiger partial charge in [0.2, 0.25) is 0 Å². The largest absolute Gasteiger partial charge is 0.493 e. The Balaban J connectivity index is 1.43. The number of carbonyl (C=O) groups is 1. The Kier molecular flexibility index (Phi) is 7.73. The van der Waals surface area contributed by atoms with E-state index in [2.05, 4.69) is 26.6 Å². The van der Waals surface area contributed by atoms with Gasteiger partial charge >= 0.3 is 0 Å². The lowest BCUT2D eigenvalue weighted by molar-refractivity contribution is 0.0973. The lowest BCUT2D eigenvalue weighted by atomic mass is 10.2. The molecular weight excluding hydrogens is 550 g/mol. The van der Waals surface area contributed by atoms with Crippen LogP contribution >= 0.6 is 28.1 Å². The van der Waals surface area contributed by atoms with E-state index in [1.54, 1.807) is 30.3 Å². The molecule has 0 aliphatic carbocycles. The molecule has 1 amide bonds. The summed E-state index contributed by atoms with van der Waals surface area (Å²) in [6, 6.07) is 19.0. The summed E-state index contributed by atoms with van der Waals surface area (Å²) in [5, 5.41) is 5.65. The number of hydrogen-bond acceptors (Lipinski definition) is 5. The Bertz CT molecular complexity index is 1360. The zero-order chi connectivity index (χ0) is 25.0. The Hall–Kier alpha value is -2.95. The van der Waals surface area contributed by atoms with Gasteiger partial charge in [0, 0.05) is 16.7 Å². The average molecular weight is 575 g/mol. The summed E-state index contributed by atoms with van der Waals surface area (Å²) >= 11 is 8.66. The van der Waals surface area contributed by atoms with Crippen LogP contribution in [-0.4, -0.2) is 32.6 Å². The van der Waals surface area contributed by atoms with Crippen molar-refractivity contribution in [3.05, 3.63) is 82.3 Å². The van der Waals surface area contributed by atoms with Gasteiger partial charge in [0.15, 0.2) is 5.11 Å². The molecule has 0 spiro atoms. The molecular formula is C25H24BrN3O4S2. The van der Waals surface area contributed by atoms with E-state index in [1.807, 2.05) is 31.2 Å². The third-order valence-electron chi connectivity index (χ3n) is 5.42. The number of amides is 1. The summed E-state index contributed by atoms with van der Waals surface area (Å²) in [6.07, 6.45) is 1.50. The summed E-state index contributed by atoms with van der Waals surface area (Å²) in [6.45, 7) is 2.89. The van der Waals surface area contributed by atoms with Crippen LogP contribution in [0.4, 0.5) is 11.4 Å². The number of rotatable bonds is 7. The summed E-state index contributed by atoms with van der Waals surface area (Å²) in [7, 11) is -3.68. The van der Waals surface area contributed by atoms with Gasteiger partial charge in [-0.05, 0) is 79.2 Å². The van der Waals surface area contributed by atoms with Gasteiger partial charge in [0.25, 0.3) is 15.9 Å². The monoisotopic (exact) mass is 573 g/mol. The summed E-state index contributed by atoms with van der Waals surface area (Å²) in [5.74, 6) is 0.0511. The van der Waals surface area contributed by atoms with Crippen LogP contribution in [0.3, 0.4) is 0 Å². The molecule has 0 atom stereocenters. The molecule has 0 fully saturated rings. The Morgan fingerprint density at radius 3 is 2.60 bits per heavy atom. The van der Waals surface area contributed by atoms with E-state index in [0.717, 1.165) is 16.5 Å². The van der Waals surface area contributed by atoms with Crippen LogP contribution in [0.25, 0.3) is 0 Å². The fraction of sp³-hybridized carbons (Fsp3) is 0.200. The van der Waals surface area contributed by atoms with E-state index in [1.165, 1.54) is 16.4 Å². The smallest absolute Gasteiger partial charge is 0.264 e. The SMILES string of the molecule is CCCOc1ccc(Br)cc1C(=O)NC(=S)Nc1ccc(S(=O)(=O)N2CCc3ccccc32)cc1. The van der Waals surface area contributed by atoms with E-state index in [-0.39, 0.29) is 10.0 Å². The molecule has 4 rings (SSSR count). The number of anilines is 2. The van der Waals surface area contributed by atoms with Crippen molar-refractivity contribution in [2.45, 2.75) is 24.7 Å². The van der Waals surface area contributed by atoms with Gasteiger partial charge in [-0.15, -0.1) is 0 Å². The van der Waals surface area contributed by atoms with Crippen molar-refractivity contribution in [2.24, 2.45) is 0 Å². The highest BCUT2D eigenvalue weighted by molar-refractivity contribution is 9.10. The van der Waals surface area contributed by atoms with Crippen LogP contribution < -0.4 is 19.7 Å². The fourth-order valence-electron chi connectivity index (χ4n) is 3.75. The summed E-state index contributed by atoms with van der Waals surface area (Å²) < 4.78 is 34.2. The number of hydrogen-bond donors (Lipinski definition) is 2. The second-order valence-corrected chi connectivity index (χ2v) is 11.1. The quantitative estimate of drug-likeness (QED) is 0.381. The molecule has 1 aliphatic rings. The number of para-hydroxylation sites is 1. The van der Waals surface area contributed by atoms with Gasteiger partial charge in [-0.1, -0.05) is 41.1 Å². The van der Waals surface area contributed by atoms with Crippen LogP contribution in [0, 0.1) is 0 Å². The third kappa shape index (κ3) is 5.66. The van der Waals surface area contributed by atoms with Crippen LogP contribution in [0.1, 0.15) is 29.3 Å². The standard InChI is InChI=1S/C25H24BrN3O4S2/c1-2-15-33-23-12-7-18(26)16-21(23)24(30)28-25(34)27-19-8-10-20(11-9-19)35(31,32)29-14-13-17-5-3-4-6-22(17)29/h3-12,16H,2,13-15H2,1H3,(H2,27,28,30,34). The second kappa shape index (κ2) is 10.8. The van der Waals surface area contributed by atoms with E-state index in [0.29, 0.717) is 42.3 Å². The molecule has 35 heavy (non-hydrogen) atoms. The normalized spacial score (nSPS) is 12.7. The molecule has 0 radical (unpaired) electrons. The number of fused-ring (bicyclic) bond motifs is 1. The number of halogens is 1. The highest BCUT2D eigenvalue weighted by atomic mass is 79.9. The minimum atomic E-state index is -3.68. The van der Waals surface area contributed by atoms with Gasteiger partial charge < -0.3 is 10.1 Å². The fourth-order valence-corrected chi connectivity index (χ4v) is 5.82. The molecule has 0 saturated heterocycles. The Labute approximate surface area is 218 Å². The molecule has 0 unspecified atom stereocenters. The number of ether oxygens (including phenoxy) is 1. The number of benzene rings is 3. The van der Waals surface area contributed by atoms with Gasteiger partial charge in [-0.2, -0.15) is 0 Å². The maximum Gasteiger partial charge on any atom is 0.264 e. The molecule has 1 heterocycles. The van der Waals surface area contributed by atoms with Crippen molar-refractivity contribution in [3.8, 4) is 5.75 Å². The third-order valence-corrected chi connectivity index (χ3v) is 7.94. The first-order valence-corrected chi connectivity index (χ1v) is 13.7. The lowest BCUT2D eigenvalue weighted by Gasteiger charge is -2.20. The van der Waals surface area contributed by atoms with E-state index >= 15 is 0 Å². The first-order valence-electron chi connectivity index (χ1n) is 11.0. The van der Waals surface area contributed by atoms with Crippen molar-refractivity contribution in [2.75, 3.05) is 22.8 Å². The number of nitrogens with zero attached hydrogens (tertiary/aromatic N) is 1. The highest BCUT2D eigenvalue weighted by Crippen LogP contribution is 2.33. The maximum absolute atomic E-state index is 13.2.